The van der Waals surface area contributed by atoms with E-state index in [-0.39, 0.29) is 6.10 Å². The van der Waals surface area contributed by atoms with Crippen LogP contribution in [-0.2, 0) is 13.6 Å². The summed E-state index contributed by atoms with van der Waals surface area (Å²) >= 11 is 0. The minimum Gasteiger partial charge on any atom is -0.398 e. The van der Waals surface area contributed by atoms with Gasteiger partial charge in [0, 0.05) is 20.3 Å². The smallest absolute Gasteiger partial charge is 0.335 e. The Labute approximate surface area is 118 Å². The Morgan fingerprint density at radius 2 is 2.05 bits per heavy atom. The molecule has 2 aliphatic heterocycles. The normalized spacial score (nSPS) is 35.8. The van der Waals surface area contributed by atoms with E-state index >= 15 is 0 Å². The summed E-state index contributed by atoms with van der Waals surface area (Å²) in [4.78, 5) is 2.53. The van der Waals surface area contributed by atoms with E-state index in [1.54, 1.807) is 7.11 Å². The monoisotopic (exact) mass is 287 g/mol. The van der Waals surface area contributed by atoms with E-state index in [0.29, 0.717) is 0 Å². The molecule has 0 aromatic carbocycles. The molecule has 0 radical (unpaired) electrons. The second-order valence-electron chi connectivity index (χ2n) is 6.24. The first-order valence-corrected chi connectivity index (χ1v) is 10.2. The Morgan fingerprint density at radius 3 is 2.74 bits per heavy atom. The average molecular weight is 287 g/mol. The predicted molar refractivity (Wildman–Crippen MR) is 78.6 cm³/mol. The molecule has 5 heteroatoms. The summed E-state index contributed by atoms with van der Waals surface area (Å²) < 4.78 is 17.7. The average Bonchev–Trinajstić information content (AvgIpc) is 2.38. The van der Waals surface area contributed by atoms with E-state index in [1.807, 2.05) is 0 Å². The van der Waals surface area contributed by atoms with Crippen LogP contribution in [0.2, 0.25) is 12.6 Å². The molecule has 2 saturated heterocycles. The molecule has 0 aromatic rings. The second-order valence-corrected chi connectivity index (χ2v) is 9.65. The van der Waals surface area contributed by atoms with Crippen LogP contribution in [0, 0.1) is 5.92 Å². The van der Waals surface area contributed by atoms with Gasteiger partial charge in [-0.3, -0.25) is 0 Å². The molecular formula is C14H29NO3Si. The topological polar surface area (TPSA) is 30.9 Å². The molecule has 19 heavy (non-hydrogen) atoms. The largest absolute Gasteiger partial charge is 0.398 e. The van der Waals surface area contributed by atoms with Gasteiger partial charge in [-0.05, 0) is 50.9 Å². The van der Waals surface area contributed by atoms with Crippen LogP contribution >= 0.6 is 0 Å². The van der Waals surface area contributed by atoms with Crippen molar-refractivity contribution in [2.45, 2.75) is 44.9 Å². The van der Waals surface area contributed by atoms with Gasteiger partial charge in [0.2, 0.25) is 0 Å². The summed E-state index contributed by atoms with van der Waals surface area (Å²) in [6.45, 7) is 9.50. The molecule has 0 aromatic heterocycles. The van der Waals surface area contributed by atoms with Gasteiger partial charge in [-0.2, -0.15) is 0 Å². The number of ether oxygens (including phenoxy) is 1. The summed E-state index contributed by atoms with van der Waals surface area (Å²) in [5, 5.41) is 0. The van der Waals surface area contributed by atoms with Crippen molar-refractivity contribution in [3.63, 3.8) is 0 Å². The van der Waals surface area contributed by atoms with E-state index in [0.717, 1.165) is 38.1 Å². The van der Waals surface area contributed by atoms with Crippen LogP contribution in [0.15, 0.2) is 0 Å². The van der Waals surface area contributed by atoms with E-state index in [1.165, 1.54) is 25.9 Å². The Hall–Kier alpha value is 0.0569. The maximum absolute atomic E-state index is 6.31. The fourth-order valence-corrected chi connectivity index (χ4v) is 4.98. The molecule has 4 nitrogen and oxygen atoms in total. The van der Waals surface area contributed by atoms with Crippen LogP contribution in [0.3, 0.4) is 0 Å². The van der Waals surface area contributed by atoms with Gasteiger partial charge < -0.3 is 18.5 Å². The van der Waals surface area contributed by atoms with Crippen molar-refractivity contribution < 1.29 is 13.6 Å². The van der Waals surface area contributed by atoms with E-state index < -0.39 is 8.56 Å². The lowest BCUT2D eigenvalue weighted by Crippen LogP contribution is -2.49. The van der Waals surface area contributed by atoms with Gasteiger partial charge in [0.15, 0.2) is 0 Å². The molecule has 0 saturated carbocycles. The third-order valence-electron chi connectivity index (χ3n) is 4.41. The lowest BCUT2D eigenvalue weighted by molar-refractivity contribution is -0.00350. The first kappa shape index (κ1) is 15.4. The molecule has 0 aliphatic carbocycles. The fourth-order valence-electron chi connectivity index (χ4n) is 2.93. The first-order chi connectivity index (χ1) is 9.11. The molecule has 2 atom stereocenters. The fraction of sp³-hybridized carbons (Fsp3) is 1.00. The Morgan fingerprint density at radius 1 is 1.32 bits per heavy atom. The molecule has 0 bridgehead atoms. The molecule has 2 unspecified atom stereocenters. The zero-order chi connectivity index (χ0) is 13.7. The predicted octanol–water partition coefficient (Wildman–Crippen LogP) is 2.24. The van der Waals surface area contributed by atoms with Crippen LogP contribution in [-0.4, -0.2) is 59.5 Å². The summed E-state index contributed by atoms with van der Waals surface area (Å²) in [6.07, 6.45) is 3.87. The summed E-state index contributed by atoms with van der Waals surface area (Å²) in [7, 11) is -0.161. The van der Waals surface area contributed by atoms with Gasteiger partial charge >= 0.3 is 8.56 Å². The molecular weight excluding hydrogens is 258 g/mol. The third-order valence-corrected chi connectivity index (χ3v) is 7.37. The van der Waals surface area contributed by atoms with Crippen LogP contribution < -0.4 is 0 Å². The summed E-state index contributed by atoms with van der Waals surface area (Å²) in [5.74, 6) is 0.879. The zero-order valence-electron chi connectivity index (χ0n) is 12.7. The Kier molecular flexibility index (Phi) is 5.83. The van der Waals surface area contributed by atoms with Crippen LogP contribution in [0.4, 0.5) is 0 Å². The van der Waals surface area contributed by atoms with Crippen molar-refractivity contribution in [1.29, 1.82) is 0 Å². The minimum absolute atomic E-state index is 0.185. The highest BCUT2D eigenvalue weighted by molar-refractivity contribution is 6.66. The zero-order valence-corrected chi connectivity index (χ0v) is 13.7. The standard InChI is InChI=1S/C14H29NO3Si/c1-13-5-7-15(8-6-13)11-14-12-17-9-4-10-19(3,16-2)18-14/h13-14H,4-12H2,1-3H3. The van der Waals surface area contributed by atoms with Gasteiger partial charge in [0.1, 0.15) is 0 Å². The molecule has 2 heterocycles. The van der Waals surface area contributed by atoms with E-state index in [9.17, 15) is 0 Å². The number of rotatable bonds is 3. The van der Waals surface area contributed by atoms with Gasteiger partial charge in [-0.1, -0.05) is 6.92 Å². The highest BCUT2D eigenvalue weighted by Crippen LogP contribution is 2.22. The molecule has 112 valence electrons. The Bertz CT molecular complexity index is 271. The van der Waals surface area contributed by atoms with Crippen molar-refractivity contribution in [3.8, 4) is 0 Å². The second kappa shape index (κ2) is 7.18. The van der Waals surface area contributed by atoms with E-state index in [2.05, 4.69) is 18.4 Å². The van der Waals surface area contributed by atoms with Crippen molar-refractivity contribution in [3.05, 3.63) is 0 Å². The number of piperidine rings is 1. The third kappa shape index (κ3) is 4.83. The molecule has 0 spiro atoms. The van der Waals surface area contributed by atoms with Crippen molar-refractivity contribution >= 4 is 8.56 Å². The van der Waals surface area contributed by atoms with Crippen LogP contribution in [0.5, 0.6) is 0 Å². The molecule has 0 N–H and O–H groups in total. The maximum atomic E-state index is 6.31. The van der Waals surface area contributed by atoms with Crippen molar-refractivity contribution in [2.24, 2.45) is 5.92 Å². The van der Waals surface area contributed by atoms with Crippen molar-refractivity contribution in [1.82, 2.24) is 4.90 Å². The van der Waals surface area contributed by atoms with Gasteiger partial charge in [-0.25, -0.2) is 0 Å². The number of likely N-dealkylation sites (tertiary alicyclic amines) is 1. The summed E-state index contributed by atoms with van der Waals surface area (Å²) in [6, 6.07) is 1.04. The quantitative estimate of drug-likeness (QED) is 0.745. The van der Waals surface area contributed by atoms with E-state index in [4.69, 9.17) is 13.6 Å². The van der Waals surface area contributed by atoms with Crippen LogP contribution in [0.1, 0.15) is 26.2 Å². The minimum atomic E-state index is -1.96. The summed E-state index contributed by atoms with van der Waals surface area (Å²) in [5.41, 5.74) is 0. The SMILES string of the molecule is CO[Si]1(C)CCCOCC(CN2CCC(C)CC2)O1. The van der Waals surface area contributed by atoms with Gasteiger partial charge in [-0.15, -0.1) is 0 Å². The van der Waals surface area contributed by atoms with Crippen LogP contribution in [0.25, 0.3) is 0 Å². The van der Waals surface area contributed by atoms with Gasteiger partial charge in [0.25, 0.3) is 0 Å². The lowest BCUT2D eigenvalue weighted by Gasteiger charge is -2.37. The molecule has 2 aliphatic rings. The van der Waals surface area contributed by atoms with Crippen molar-refractivity contribution in [2.75, 3.05) is 40.0 Å². The highest BCUT2D eigenvalue weighted by Gasteiger charge is 2.35. The first-order valence-electron chi connectivity index (χ1n) is 7.64. The molecule has 2 fully saturated rings. The number of hydrogen-bond acceptors (Lipinski definition) is 4. The number of hydrogen-bond donors (Lipinski definition) is 0. The molecule has 2 rings (SSSR count). The Balaban J connectivity index is 1.86. The number of nitrogens with zero attached hydrogens (tertiary/aromatic N) is 1. The highest BCUT2D eigenvalue weighted by atomic mass is 28.4. The lowest BCUT2D eigenvalue weighted by atomic mass is 9.99. The molecule has 0 amide bonds. The van der Waals surface area contributed by atoms with Gasteiger partial charge in [0.05, 0.1) is 12.7 Å². The maximum Gasteiger partial charge on any atom is 0.335 e.